The lowest BCUT2D eigenvalue weighted by Crippen LogP contribution is -2.45. The van der Waals surface area contributed by atoms with E-state index < -0.39 is 0 Å². The Morgan fingerprint density at radius 3 is 2.42 bits per heavy atom. The second kappa shape index (κ2) is 7.20. The van der Waals surface area contributed by atoms with Gasteiger partial charge in [0, 0.05) is 25.2 Å². The number of hydrogen-bond acceptors (Lipinski definition) is 2. The molecule has 4 rings (SSSR count). The molecule has 2 saturated heterocycles. The number of likely N-dealkylation sites (tertiary alicyclic amines) is 1. The second-order valence-corrected chi connectivity index (χ2v) is 6.95. The van der Waals surface area contributed by atoms with Gasteiger partial charge in [0.1, 0.15) is 0 Å². The van der Waals surface area contributed by atoms with Crippen molar-refractivity contribution in [2.45, 2.75) is 31.3 Å². The third-order valence-electron chi connectivity index (χ3n) is 5.22. The summed E-state index contributed by atoms with van der Waals surface area (Å²) in [5.74, 6) is 0.0579. The standard InChI is InChI=1S/C21H23N3O2/c25-20-14-17(15-24(20)18-10-5-2-6-11-18)22-21(26)23-13-7-12-19(23)16-8-3-1-4-9-16/h1-6,8-11,17,19H,7,12-15H2,(H,22,26)/t17-,19-/m1/s1. The van der Waals surface area contributed by atoms with Crippen molar-refractivity contribution in [3.8, 4) is 0 Å². The molecule has 2 aromatic carbocycles. The molecule has 1 N–H and O–H groups in total. The van der Waals surface area contributed by atoms with E-state index in [1.54, 1.807) is 4.90 Å². The predicted octanol–water partition coefficient (Wildman–Crippen LogP) is 3.34. The van der Waals surface area contributed by atoms with Crippen molar-refractivity contribution >= 4 is 17.6 Å². The minimum absolute atomic E-state index is 0.0579. The number of benzene rings is 2. The fourth-order valence-corrected chi connectivity index (χ4v) is 3.95. The minimum Gasteiger partial charge on any atom is -0.333 e. The third kappa shape index (κ3) is 3.29. The summed E-state index contributed by atoms with van der Waals surface area (Å²) < 4.78 is 0. The largest absolute Gasteiger partial charge is 0.333 e. The van der Waals surface area contributed by atoms with Crippen LogP contribution in [0.25, 0.3) is 0 Å². The molecule has 0 saturated carbocycles. The van der Waals surface area contributed by atoms with Gasteiger partial charge in [-0.2, -0.15) is 0 Å². The Morgan fingerprint density at radius 2 is 1.69 bits per heavy atom. The van der Waals surface area contributed by atoms with Gasteiger partial charge < -0.3 is 15.1 Å². The molecule has 26 heavy (non-hydrogen) atoms. The molecular weight excluding hydrogens is 326 g/mol. The molecule has 0 aromatic heterocycles. The Morgan fingerprint density at radius 1 is 1.00 bits per heavy atom. The van der Waals surface area contributed by atoms with Gasteiger partial charge in [-0.25, -0.2) is 4.79 Å². The van der Waals surface area contributed by atoms with Gasteiger partial charge in [0.05, 0.1) is 12.1 Å². The molecule has 2 aliphatic rings. The van der Waals surface area contributed by atoms with Crippen molar-refractivity contribution in [2.75, 3.05) is 18.0 Å². The highest BCUT2D eigenvalue weighted by molar-refractivity contribution is 5.96. The van der Waals surface area contributed by atoms with Crippen LogP contribution in [0, 0.1) is 0 Å². The molecule has 134 valence electrons. The monoisotopic (exact) mass is 349 g/mol. The van der Waals surface area contributed by atoms with Crippen LogP contribution in [-0.4, -0.2) is 36.0 Å². The van der Waals surface area contributed by atoms with Crippen LogP contribution in [0.2, 0.25) is 0 Å². The fourth-order valence-electron chi connectivity index (χ4n) is 3.95. The molecule has 5 heteroatoms. The van der Waals surface area contributed by atoms with Gasteiger partial charge >= 0.3 is 6.03 Å². The number of hydrogen-bond donors (Lipinski definition) is 1. The first-order chi connectivity index (χ1) is 12.7. The number of urea groups is 1. The molecule has 2 atom stereocenters. The van der Waals surface area contributed by atoms with Gasteiger partial charge in [-0.1, -0.05) is 48.5 Å². The number of carbonyl (C=O) groups is 2. The van der Waals surface area contributed by atoms with E-state index in [9.17, 15) is 9.59 Å². The zero-order valence-electron chi connectivity index (χ0n) is 14.7. The second-order valence-electron chi connectivity index (χ2n) is 6.95. The van der Waals surface area contributed by atoms with Gasteiger partial charge in [0.25, 0.3) is 0 Å². The summed E-state index contributed by atoms with van der Waals surface area (Å²) in [6.45, 7) is 1.28. The Bertz CT molecular complexity index is 778. The summed E-state index contributed by atoms with van der Waals surface area (Å²) in [5, 5.41) is 3.08. The minimum atomic E-state index is -0.146. The molecule has 0 spiro atoms. The van der Waals surface area contributed by atoms with Crippen molar-refractivity contribution in [2.24, 2.45) is 0 Å². The van der Waals surface area contributed by atoms with E-state index in [0.717, 1.165) is 25.1 Å². The van der Waals surface area contributed by atoms with E-state index in [2.05, 4.69) is 17.4 Å². The number of anilines is 1. The van der Waals surface area contributed by atoms with Gasteiger partial charge in [-0.3, -0.25) is 4.79 Å². The summed E-state index contributed by atoms with van der Waals surface area (Å²) in [7, 11) is 0. The Kier molecular flexibility index (Phi) is 4.61. The zero-order valence-corrected chi connectivity index (χ0v) is 14.7. The maximum absolute atomic E-state index is 12.8. The predicted molar refractivity (Wildman–Crippen MR) is 101 cm³/mol. The van der Waals surface area contributed by atoms with Crippen molar-refractivity contribution in [1.29, 1.82) is 0 Å². The van der Waals surface area contributed by atoms with E-state index in [1.165, 1.54) is 5.56 Å². The summed E-state index contributed by atoms with van der Waals surface area (Å²) in [6, 6.07) is 19.7. The first-order valence-electron chi connectivity index (χ1n) is 9.20. The molecular formula is C21H23N3O2. The summed E-state index contributed by atoms with van der Waals surface area (Å²) >= 11 is 0. The molecule has 0 aliphatic carbocycles. The average molecular weight is 349 g/mol. The summed E-state index contributed by atoms with van der Waals surface area (Å²) in [4.78, 5) is 28.8. The van der Waals surface area contributed by atoms with Crippen LogP contribution < -0.4 is 10.2 Å². The molecule has 5 nitrogen and oxygen atoms in total. The SMILES string of the molecule is O=C1C[C@@H](NC(=O)N2CCC[C@@H]2c2ccccc2)CN1c1ccccc1. The first-order valence-corrected chi connectivity index (χ1v) is 9.20. The van der Waals surface area contributed by atoms with Crippen molar-refractivity contribution in [1.82, 2.24) is 10.2 Å². The maximum atomic E-state index is 12.8. The van der Waals surface area contributed by atoms with Gasteiger partial charge in [-0.15, -0.1) is 0 Å². The molecule has 0 bridgehead atoms. The number of para-hydroxylation sites is 1. The normalized spacial score (nSPS) is 22.7. The highest BCUT2D eigenvalue weighted by Crippen LogP contribution is 2.32. The number of carbonyl (C=O) groups excluding carboxylic acids is 2. The van der Waals surface area contributed by atoms with Crippen molar-refractivity contribution < 1.29 is 9.59 Å². The van der Waals surface area contributed by atoms with Crippen LogP contribution in [0.15, 0.2) is 60.7 Å². The molecule has 2 heterocycles. The number of rotatable bonds is 3. The van der Waals surface area contributed by atoms with E-state index >= 15 is 0 Å². The zero-order chi connectivity index (χ0) is 17.9. The van der Waals surface area contributed by atoms with Gasteiger partial charge in [0.2, 0.25) is 5.91 Å². The Hall–Kier alpha value is -2.82. The van der Waals surface area contributed by atoms with E-state index in [0.29, 0.717) is 13.0 Å². The number of nitrogens with one attached hydrogen (secondary N) is 1. The molecule has 2 aliphatic heterocycles. The molecule has 0 unspecified atom stereocenters. The Balaban J connectivity index is 1.41. The van der Waals surface area contributed by atoms with E-state index in [4.69, 9.17) is 0 Å². The van der Waals surface area contributed by atoms with Crippen LogP contribution >= 0.6 is 0 Å². The number of nitrogens with zero attached hydrogens (tertiary/aromatic N) is 2. The summed E-state index contributed by atoms with van der Waals surface area (Å²) in [6.07, 6.45) is 2.34. The van der Waals surface area contributed by atoms with E-state index in [1.807, 2.05) is 53.4 Å². The highest BCUT2D eigenvalue weighted by Gasteiger charge is 2.35. The van der Waals surface area contributed by atoms with E-state index in [-0.39, 0.29) is 24.0 Å². The van der Waals surface area contributed by atoms with Crippen LogP contribution in [0.4, 0.5) is 10.5 Å². The van der Waals surface area contributed by atoms with Gasteiger partial charge in [-0.05, 0) is 30.5 Å². The smallest absolute Gasteiger partial charge is 0.318 e. The molecule has 0 radical (unpaired) electrons. The van der Waals surface area contributed by atoms with Gasteiger partial charge in [0.15, 0.2) is 0 Å². The van der Waals surface area contributed by atoms with Crippen LogP contribution in [-0.2, 0) is 4.79 Å². The maximum Gasteiger partial charge on any atom is 0.318 e. The first kappa shape index (κ1) is 16.6. The lowest BCUT2D eigenvalue weighted by atomic mass is 10.1. The van der Waals surface area contributed by atoms with Crippen LogP contribution in [0.5, 0.6) is 0 Å². The van der Waals surface area contributed by atoms with Crippen molar-refractivity contribution in [3.05, 3.63) is 66.2 Å². The van der Waals surface area contributed by atoms with Crippen LogP contribution in [0.3, 0.4) is 0 Å². The number of amides is 3. The molecule has 2 aromatic rings. The molecule has 3 amide bonds. The third-order valence-corrected chi connectivity index (χ3v) is 5.22. The quantitative estimate of drug-likeness (QED) is 0.924. The lowest BCUT2D eigenvalue weighted by molar-refractivity contribution is -0.117. The topological polar surface area (TPSA) is 52.7 Å². The average Bonchev–Trinajstić information content (AvgIpc) is 3.30. The highest BCUT2D eigenvalue weighted by atomic mass is 16.2. The fraction of sp³-hybridized carbons (Fsp3) is 0.333. The molecule has 2 fully saturated rings. The van der Waals surface area contributed by atoms with Crippen LogP contribution in [0.1, 0.15) is 30.9 Å². The lowest BCUT2D eigenvalue weighted by Gasteiger charge is -2.27. The van der Waals surface area contributed by atoms with Crippen molar-refractivity contribution in [3.63, 3.8) is 0 Å². The Labute approximate surface area is 153 Å². The summed E-state index contributed by atoms with van der Waals surface area (Å²) in [5.41, 5.74) is 2.06.